The molecule has 0 unspecified atom stereocenters. The molecule has 3 aromatic rings. The normalized spacial score (nSPS) is 10.3. The van der Waals surface area contributed by atoms with E-state index >= 15 is 0 Å². The first-order valence-corrected chi connectivity index (χ1v) is 9.55. The third kappa shape index (κ3) is 7.02. The van der Waals surface area contributed by atoms with Gasteiger partial charge in [-0.1, -0.05) is 24.3 Å². The quantitative estimate of drug-likeness (QED) is 0.355. The maximum absolute atomic E-state index is 12.4. The summed E-state index contributed by atoms with van der Waals surface area (Å²) >= 11 is 0. The van der Waals surface area contributed by atoms with Crippen molar-refractivity contribution in [2.45, 2.75) is 39.8 Å². The molecule has 0 aliphatic heterocycles. The predicted molar refractivity (Wildman–Crippen MR) is 107 cm³/mol. The summed E-state index contributed by atoms with van der Waals surface area (Å²) in [6.45, 7) is 4.77. The average molecular weight is 454 g/mol. The van der Waals surface area contributed by atoms with Crippen LogP contribution in [-0.2, 0) is 24.3 Å². The van der Waals surface area contributed by atoms with E-state index in [2.05, 4.69) is 0 Å². The van der Waals surface area contributed by atoms with Gasteiger partial charge in [-0.2, -0.15) is 9.13 Å². The lowest BCUT2D eigenvalue weighted by Gasteiger charge is -2.03. The Morgan fingerprint density at radius 2 is 1.21 bits per heavy atom. The van der Waals surface area contributed by atoms with Gasteiger partial charge in [0.15, 0.2) is 30.6 Å². The molecule has 0 amide bonds. The van der Waals surface area contributed by atoms with E-state index < -0.39 is 0 Å². The molecule has 0 saturated heterocycles. The Morgan fingerprint density at radius 3 is 1.72 bits per heavy atom. The molecule has 0 radical (unpaired) electrons. The van der Waals surface area contributed by atoms with E-state index in [0.717, 1.165) is 5.56 Å². The van der Waals surface area contributed by atoms with Crippen LogP contribution in [-0.4, -0.2) is 11.6 Å². The summed E-state index contributed by atoms with van der Waals surface area (Å²) in [4.78, 5) is 24.6. The molecule has 2 heterocycles. The van der Waals surface area contributed by atoms with Crippen LogP contribution in [0.4, 0.5) is 0 Å². The van der Waals surface area contributed by atoms with Crippen LogP contribution in [0.1, 0.15) is 33.5 Å². The minimum Gasteiger partial charge on any atom is -1.00 e. The Morgan fingerprint density at radius 1 is 0.724 bits per heavy atom. The summed E-state index contributed by atoms with van der Waals surface area (Å²) in [5.74, 6) is 0.275. The molecule has 0 aliphatic rings. The van der Waals surface area contributed by atoms with Crippen LogP contribution >= 0.6 is 0 Å². The summed E-state index contributed by atoms with van der Waals surface area (Å²) < 4.78 is 3.78. The van der Waals surface area contributed by atoms with Gasteiger partial charge in [0.1, 0.15) is 0 Å². The summed E-state index contributed by atoms with van der Waals surface area (Å²) in [6.07, 6.45) is 8.87. The zero-order chi connectivity index (χ0) is 19.9. The molecule has 1 aromatic carbocycles. The molecule has 0 saturated carbocycles. The molecule has 4 nitrogen and oxygen atoms in total. The number of carbonyl (C=O) groups excluding carboxylic acids is 2. The molecule has 2 aromatic heterocycles. The number of nitrogens with zero attached hydrogens (tertiary/aromatic N) is 2. The van der Waals surface area contributed by atoms with Gasteiger partial charge in [-0.25, -0.2) is 0 Å². The van der Waals surface area contributed by atoms with Gasteiger partial charge in [0.2, 0.25) is 18.9 Å². The van der Waals surface area contributed by atoms with Crippen molar-refractivity contribution in [2.75, 3.05) is 0 Å². The van der Waals surface area contributed by atoms with Gasteiger partial charge in [0, 0.05) is 36.2 Å². The fraction of sp³-hybridized carbons (Fsp3) is 0.250. The van der Waals surface area contributed by atoms with Crippen LogP contribution in [0.15, 0.2) is 73.3 Å². The van der Waals surface area contributed by atoms with E-state index in [0.29, 0.717) is 31.5 Å². The van der Waals surface area contributed by atoms with Crippen LogP contribution < -0.4 is 26.1 Å². The molecular formula is C24H26BrN2O2+. The molecule has 3 rings (SSSR count). The van der Waals surface area contributed by atoms with Crippen molar-refractivity contribution < 1.29 is 35.7 Å². The third-order valence-corrected chi connectivity index (χ3v) is 4.77. The Balaban J connectivity index is 0.00000300. The summed E-state index contributed by atoms with van der Waals surface area (Å²) in [7, 11) is 0. The van der Waals surface area contributed by atoms with Crippen LogP contribution in [0.3, 0.4) is 0 Å². The zero-order valence-corrected chi connectivity index (χ0v) is 18.4. The number of benzene rings is 1. The molecule has 0 aliphatic carbocycles. The first kappa shape index (κ1) is 22.6. The van der Waals surface area contributed by atoms with Crippen LogP contribution in [0.5, 0.6) is 0 Å². The summed E-state index contributed by atoms with van der Waals surface area (Å²) in [5, 5.41) is 0. The van der Waals surface area contributed by atoms with Crippen LogP contribution in [0.25, 0.3) is 0 Å². The van der Waals surface area contributed by atoms with Gasteiger partial charge in [0.05, 0.1) is 0 Å². The highest BCUT2D eigenvalue weighted by atomic mass is 79.9. The number of ketones is 2. The van der Waals surface area contributed by atoms with Crippen molar-refractivity contribution in [1.82, 2.24) is 0 Å². The Bertz CT molecular complexity index is 950. The number of aromatic nitrogens is 2. The van der Waals surface area contributed by atoms with Gasteiger partial charge in [-0.15, -0.1) is 0 Å². The molecule has 150 valence electrons. The Hall–Kier alpha value is -2.66. The molecule has 5 heteroatoms. The second-order valence-corrected chi connectivity index (χ2v) is 7.25. The summed E-state index contributed by atoms with van der Waals surface area (Å²) in [6, 6.07) is 15.6. The van der Waals surface area contributed by atoms with Crippen molar-refractivity contribution in [3.63, 3.8) is 0 Å². The number of hydrogen-bond donors (Lipinski definition) is 0. The molecule has 29 heavy (non-hydrogen) atoms. The number of carbonyl (C=O) groups is 2. The topological polar surface area (TPSA) is 41.9 Å². The third-order valence-electron chi connectivity index (χ3n) is 4.77. The molecule has 0 N–H and O–H groups in total. The maximum atomic E-state index is 12.4. The van der Waals surface area contributed by atoms with Gasteiger partial charge >= 0.3 is 0 Å². The minimum absolute atomic E-state index is 0. The highest BCUT2D eigenvalue weighted by molar-refractivity contribution is 5.95. The number of pyridine rings is 2. The monoisotopic (exact) mass is 453 g/mol. The van der Waals surface area contributed by atoms with Crippen LogP contribution in [0, 0.1) is 13.8 Å². The lowest BCUT2D eigenvalue weighted by molar-refractivity contribution is -0.684. The number of halogens is 1. The van der Waals surface area contributed by atoms with Gasteiger partial charge in [-0.3, -0.25) is 9.59 Å². The summed E-state index contributed by atoms with van der Waals surface area (Å²) in [5.41, 5.74) is 4.11. The van der Waals surface area contributed by atoms with E-state index in [1.165, 1.54) is 11.1 Å². The minimum atomic E-state index is 0. The first-order chi connectivity index (χ1) is 13.5. The van der Waals surface area contributed by atoms with Gasteiger partial charge in [-0.05, 0) is 37.0 Å². The first-order valence-electron chi connectivity index (χ1n) is 9.55. The van der Waals surface area contributed by atoms with E-state index in [4.69, 9.17) is 0 Å². The second-order valence-electron chi connectivity index (χ2n) is 7.25. The number of aryl methyl sites for hydroxylation is 3. The number of rotatable bonds is 8. The zero-order valence-electron chi connectivity index (χ0n) is 16.8. The molecule has 0 atom stereocenters. The lowest BCUT2D eigenvalue weighted by Crippen LogP contribution is -3.00. The van der Waals surface area contributed by atoms with E-state index in [1.54, 1.807) is 0 Å². The highest BCUT2D eigenvalue weighted by Gasteiger charge is 2.13. The number of Topliss-reactive ketones (excluding diaryl/α,β-unsaturated/α-hetero) is 2. The number of hydrogen-bond acceptors (Lipinski definition) is 2. The average Bonchev–Trinajstić information content (AvgIpc) is 2.70. The fourth-order valence-electron chi connectivity index (χ4n) is 2.96. The van der Waals surface area contributed by atoms with E-state index in [-0.39, 0.29) is 28.5 Å². The van der Waals surface area contributed by atoms with E-state index in [1.807, 2.05) is 96.3 Å². The standard InChI is InChI=1S/C24H26N2O2.BrH/c1-19-9-13-25(14-10-19)17-23(27)8-5-21-3-6-22(7-4-21)24(28)18-26-15-11-20(2)12-16-26;/h3-4,6-7,9-16H,5,8,17-18H2,1-2H3;1H/q+2;/p-1. The lowest BCUT2D eigenvalue weighted by atomic mass is 10.0. The smallest absolute Gasteiger partial charge is 0.227 e. The molecule has 0 bridgehead atoms. The van der Waals surface area contributed by atoms with Crippen molar-refractivity contribution in [3.05, 3.63) is 95.6 Å². The second kappa shape index (κ2) is 10.8. The highest BCUT2D eigenvalue weighted by Crippen LogP contribution is 2.08. The fourth-order valence-corrected chi connectivity index (χ4v) is 2.96. The van der Waals surface area contributed by atoms with E-state index in [9.17, 15) is 9.59 Å². The molecule has 0 fully saturated rings. The molecular weight excluding hydrogens is 428 g/mol. The van der Waals surface area contributed by atoms with Crippen LogP contribution in [0.2, 0.25) is 0 Å². The Kier molecular flexibility index (Phi) is 8.40. The van der Waals surface area contributed by atoms with Gasteiger partial charge in [0.25, 0.3) is 0 Å². The molecule has 0 spiro atoms. The van der Waals surface area contributed by atoms with Crippen molar-refractivity contribution in [2.24, 2.45) is 0 Å². The Labute approximate surface area is 182 Å². The van der Waals surface area contributed by atoms with Crippen molar-refractivity contribution in [1.29, 1.82) is 0 Å². The maximum Gasteiger partial charge on any atom is 0.227 e. The van der Waals surface area contributed by atoms with Gasteiger partial charge < -0.3 is 17.0 Å². The SMILES string of the molecule is Cc1cc[n+](CC(=O)CCc2ccc(C(=O)C[n+]3ccc(C)cc3)cc2)cc1.[Br-]. The van der Waals surface area contributed by atoms with Crippen molar-refractivity contribution in [3.8, 4) is 0 Å². The predicted octanol–water partition coefficient (Wildman–Crippen LogP) is -0.0328. The van der Waals surface area contributed by atoms with Crippen molar-refractivity contribution >= 4 is 11.6 Å². The largest absolute Gasteiger partial charge is 1.00 e.